The third-order valence-corrected chi connectivity index (χ3v) is 5.85. The molecule has 4 rings (SSSR count). The molecule has 2 aliphatic rings. The average Bonchev–Trinajstić information content (AvgIpc) is 2.93. The zero-order chi connectivity index (χ0) is 22.5. The van der Waals surface area contributed by atoms with Crippen LogP contribution in [0.5, 0.6) is 0 Å². The molecule has 0 radical (unpaired) electrons. The number of carboxylic acid groups (broad SMARTS) is 1. The number of carbonyl (C=O) groups excluding carboxylic acids is 2. The minimum absolute atomic E-state index is 0.0887. The largest absolute Gasteiger partial charge is 0.481 e. The van der Waals surface area contributed by atoms with Gasteiger partial charge in [0.1, 0.15) is 12.6 Å². The van der Waals surface area contributed by atoms with E-state index < -0.39 is 30.4 Å². The van der Waals surface area contributed by atoms with Crippen molar-refractivity contribution in [2.45, 2.75) is 24.8 Å². The molecule has 0 aromatic heterocycles. The molecule has 0 spiro atoms. The number of alkyl carbamates (subject to hydrolysis) is 1. The summed E-state index contributed by atoms with van der Waals surface area (Å²) in [4.78, 5) is 38.2. The lowest BCUT2D eigenvalue weighted by Crippen LogP contribution is -2.50. The van der Waals surface area contributed by atoms with Crippen LogP contribution in [-0.2, 0) is 19.1 Å². The summed E-state index contributed by atoms with van der Waals surface area (Å²) in [6.45, 7) is 1.84. The number of ether oxygens (including phenoxy) is 2. The van der Waals surface area contributed by atoms with Crippen LogP contribution in [-0.4, -0.2) is 66.9 Å². The fraction of sp³-hybridized carbons (Fsp3) is 0.375. The number of nitrogens with one attached hydrogen (secondary N) is 1. The molecule has 8 nitrogen and oxygen atoms in total. The van der Waals surface area contributed by atoms with Crippen LogP contribution in [0.2, 0.25) is 0 Å². The quantitative estimate of drug-likeness (QED) is 0.718. The zero-order valence-corrected chi connectivity index (χ0v) is 17.7. The number of aliphatic carboxylic acids is 1. The van der Waals surface area contributed by atoms with Gasteiger partial charge in [0.05, 0.1) is 13.0 Å². The molecule has 8 heteroatoms. The highest BCUT2D eigenvalue weighted by atomic mass is 16.5. The molecule has 1 heterocycles. The molecule has 1 unspecified atom stereocenters. The van der Waals surface area contributed by atoms with Gasteiger partial charge in [0.2, 0.25) is 5.91 Å². The SMILES string of the molecule is O=C(O)CC(NC(=O)OCC1c2ccccc2-c2ccccc21)C(=O)N1CCCOCC1. The van der Waals surface area contributed by atoms with Crippen molar-refractivity contribution < 1.29 is 29.0 Å². The lowest BCUT2D eigenvalue weighted by Gasteiger charge is -2.25. The van der Waals surface area contributed by atoms with E-state index in [4.69, 9.17) is 9.47 Å². The van der Waals surface area contributed by atoms with Crippen LogP contribution in [0.15, 0.2) is 48.5 Å². The van der Waals surface area contributed by atoms with Crippen molar-refractivity contribution in [1.29, 1.82) is 0 Å². The Labute approximate surface area is 186 Å². The van der Waals surface area contributed by atoms with Gasteiger partial charge in [-0.2, -0.15) is 0 Å². The zero-order valence-electron chi connectivity index (χ0n) is 17.7. The third-order valence-electron chi connectivity index (χ3n) is 5.85. The summed E-state index contributed by atoms with van der Waals surface area (Å²) >= 11 is 0. The van der Waals surface area contributed by atoms with E-state index in [1.54, 1.807) is 0 Å². The minimum Gasteiger partial charge on any atom is -0.481 e. The predicted molar refractivity (Wildman–Crippen MR) is 116 cm³/mol. The van der Waals surface area contributed by atoms with Crippen LogP contribution in [0.4, 0.5) is 4.79 Å². The van der Waals surface area contributed by atoms with Gasteiger partial charge in [-0.15, -0.1) is 0 Å². The molecule has 2 amide bonds. The Morgan fingerprint density at radius 1 is 1.03 bits per heavy atom. The van der Waals surface area contributed by atoms with E-state index in [0.717, 1.165) is 22.3 Å². The van der Waals surface area contributed by atoms with Crippen molar-refractivity contribution in [2.24, 2.45) is 0 Å². The van der Waals surface area contributed by atoms with Crippen molar-refractivity contribution in [2.75, 3.05) is 32.9 Å². The number of fused-ring (bicyclic) bond motifs is 3. The Balaban J connectivity index is 1.42. The van der Waals surface area contributed by atoms with Gasteiger partial charge < -0.3 is 24.8 Å². The van der Waals surface area contributed by atoms with E-state index in [1.165, 1.54) is 4.90 Å². The lowest BCUT2D eigenvalue weighted by molar-refractivity contribution is -0.142. The number of carboxylic acids is 1. The predicted octanol–water partition coefficient (Wildman–Crippen LogP) is 2.62. The fourth-order valence-electron chi connectivity index (χ4n) is 4.34. The Kier molecular flexibility index (Phi) is 6.70. The highest BCUT2D eigenvalue weighted by Crippen LogP contribution is 2.44. The second kappa shape index (κ2) is 9.82. The van der Waals surface area contributed by atoms with Gasteiger partial charge in [-0.3, -0.25) is 9.59 Å². The average molecular weight is 438 g/mol. The lowest BCUT2D eigenvalue weighted by atomic mass is 9.98. The number of carbonyl (C=O) groups is 3. The van der Waals surface area contributed by atoms with Crippen molar-refractivity contribution in [3.63, 3.8) is 0 Å². The number of benzene rings is 2. The van der Waals surface area contributed by atoms with Crippen molar-refractivity contribution >= 4 is 18.0 Å². The van der Waals surface area contributed by atoms with E-state index >= 15 is 0 Å². The van der Waals surface area contributed by atoms with E-state index in [0.29, 0.717) is 32.7 Å². The van der Waals surface area contributed by atoms with Crippen molar-refractivity contribution in [3.05, 3.63) is 59.7 Å². The molecule has 1 aliphatic heterocycles. The van der Waals surface area contributed by atoms with Crippen LogP contribution >= 0.6 is 0 Å². The first-order chi connectivity index (χ1) is 15.5. The second-order valence-corrected chi connectivity index (χ2v) is 7.91. The monoisotopic (exact) mass is 438 g/mol. The molecule has 1 fully saturated rings. The van der Waals surface area contributed by atoms with E-state index in [2.05, 4.69) is 5.32 Å². The molecule has 1 aliphatic carbocycles. The standard InChI is InChI=1S/C24H26N2O6/c27-22(28)14-21(23(29)26-10-5-12-31-13-11-26)25-24(30)32-15-20-18-8-3-1-6-16(18)17-7-2-4-9-19(17)20/h1-4,6-9,20-21H,5,10-15H2,(H,25,30)(H,27,28). The fourth-order valence-corrected chi connectivity index (χ4v) is 4.34. The van der Waals surface area contributed by atoms with E-state index in [9.17, 15) is 19.5 Å². The highest BCUT2D eigenvalue weighted by Gasteiger charge is 2.31. The molecule has 2 aromatic rings. The molecule has 0 saturated carbocycles. The highest BCUT2D eigenvalue weighted by molar-refractivity contribution is 5.89. The smallest absolute Gasteiger partial charge is 0.407 e. The van der Waals surface area contributed by atoms with Gasteiger partial charge in [0, 0.05) is 25.6 Å². The Morgan fingerprint density at radius 2 is 1.69 bits per heavy atom. The Hall–Kier alpha value is -3.39. The van der Waals surface area contributed by atoms with Crippen LogP contribution in [0.25, 0.3) is 11.1 Å². The molecule has 0 bridgehead atoms. The van der Waals surface area contributed by atoms with Crippen LogP contribution in [0, 0.1) is 0 Å². The molecule has 1 atom stereocenters. The number of amides is 2. The molecule has 168 valence electrons. The third kappa shape index (κ3) is 4.75. The molecule has 1 saturated heterocycles. The Bertz CT molecular complexity index is 954. The number of nitrogens with zero attached hydrogens (tertiary/aromatic N) is 1. The summed E-state index contributed by atoms with van der Waals surface area (Å²) < 4.78 is 10.8. The van der Waals surface area contributed by atoms with E-state index in [1.807, 2.05) is 48.5 Å². The summed E-state index contributed by atoms with van der Waals surface area (Å²) in [6.07, 6.45) is -0.658. The van der Waals surface area contributed by atoms with Crippen LogP contribution in [0.1, 0.15) is 29.9 Å². The second-order valence-electron chi connectivity index (χ2n) is 7.91. The summed E-state index contributed by atoms with van der Waals surface area (Å²) in [5.74, 6) is -1.73. The number of rotatable bonds is 6. The van der Waals surface area contributed by atoms with Gasteiger partial charge in [0.15, 0.2) is 0 Å². The van der Waals surface area contributed by atoms with Gasteiger partial charge in [-0.05, 0) is 28.7 Å². The maximum Gasteiger partial charge on any atom is 0.407 e. The summed E-state index contributed by atoms with van der Waals surface area (Å²) in [6, 6.07) is 14.8. The summed E-state index contributed by atoms with van der Waals surface area (Å²) in [7, 11) is 0. The topological polar surface area (TPSA) is 105 Å². The Morgan fingerprint density at radius 3 is 2.34 bits per heavy atom. The van der Waals surface area contributed by atoms with Crippen molar-refractivity contribution in [1.82, 2.24) is 10.2 Å². The molecule has 2 N–H and O–H groups in total. The maximum absolute atomic E-state index is 12.8. The number of hydrogen-bond acceptors (Lipinski definition) is 5. The van der Waals surface area contributed by atoms with Crippen molar-refractivity contribution in [3.8, 4) is 11.1 Å². The van der Waals surface area contributed by atoms with Crippen LogP contribution in [0.3, 0.4) is 0 Å². The van der Waals surface area contributed by atoms with Crippen LogP contribution < -0.4 is 5.32 Å². The molecular formula is C24H26N2O6. The minimum atomic E-state index is -1.19. The van der Waals surface area contributed by atoms with E-state index in [-0.39, 0.29) is 12.5 Å². The van der Waals surface area contributed by atoms with Gasteiger partial charge in [-0.25, -0.2) is 4.79 Å². The van der Waals surface area contributed by atoms with Gasteiger partial charge in [-0.1, -0.05) is 48.5 Å². The molecule has 32 heavy (non-hydrogen) atoms. The first kappa shape index (κ1) is 21.8. The first-order valence-electron chi connectivity index (χ1n) is 10.7. The molecular weight excluding hydrogens is 412 g/mol. The number of hydrogen-bond donors (Lipinski definition) is 2. The van der Waals surface area contributed by atoms with Gasteiger partial charge >= 0.3 is 12.1 Å². The normalized spacial score (nSPS) is 16.4. The summed E-state index contributed by atoms with van der Waals surface area (Å²) in [5, 5.41) is 11.7. The van der Waals surface area contributed by atoms with Gasteiger partial charge in [0.25, 0.3) is 0 Å². The molecule has 2 aromatic carbocycles. The maximum atomic E-state index is 12.8. The summed E-state index contributed by atoms with van der Waals surface area (Å²) in [5.41, 5.74) is 4.37. The first-order valence-corrected chi connectivity index (χ1v) is 10.7.